The highest BCUT2D eigenvalue weighted by atomic mass is 35.5. The Morgan fingerprint density at radius 3 is 2.41 bits per heavy atom. The molecule has 0 saturated heterocycles. The molecule has 2 aromatic carbocycles. The molecule has 2 aromatic rings. The van der Waals surface area contributed by atoms with Gasteiger partial charge in [-0.3, -0.25) is 0 Å². The molecule has 0 saturated carbocycles. The summed E-state index contributed by atoms with van der Waals surface area (Å²) in [6.07, 6.45) is 0. The number of halogens is 2. The zero-order valence-electron chi connectivity index (χ0n) is 12.5. The lowest BCUT2D eigenvalue weighted by molar-refractivity contribution is 0.193. The molecule has 0 aromatic heterocycles. The van der Waals surface area contributed by atoms with E-state index in [0.717, 1.165) is 5.56 Å². The van der Waals surface area contributed by atoms with Crippen molar-refractivity contribution in [2.75, 3.05) is 5.32 Å². The van der Waals surface area contributed by atoms with Crippen LogP contribution in [0.3, 0.4) is 0 Å². The van der Waals surface area contributed by atoms with Crippen LogP contribution in [0, 0.1) is 0 Å². The Balaban J connectivity index is 2.15. The Bertz CT molecular complexity index is 644. The molecule has 0 radical (unpaired) electrons. The average Bonchev–Trinajstić information content (AvgIpc) is 2.50. The van der Waals surface area contributed by atoms with Gasteiger partial charge in [-0.25, -0.2) is 4.79 Å². The fraction of sp³-hybridized carbons (Fsp3) is 0.235. The second-order valence-corrected chi connectivity index (χ2v) is 6.02. The Morgan fingerprint density at radius 1 is 1.09 bits per heavy atom. The van der Waals surface area contributed by atoms with E-state index in [4.69, 9.17) is 23.2 Å². The molecule has 2 amide bonds. The highest BCUT2D eigenvalue weighted by molar-refractivity contribution is 6.43. The molecular formula is C17H18Cl2N2O. The van der Waals surface area contributed by atoms with Crippen LogP contribution in [0.15, 0.2) is 48.5 Å². The number of hydrogen-bond acceptors (Lipinski definition) is 1. The molecule has 1 N–H and O–H groups in total. The van der Waals surface area contributed by atoms with Gasteiger partial charge in [0, 0.05) is 12.6 Å². The molecule has 0 spiro atoms. The SMILES string of the molecule is CC(C)N(Cc1ccccc1)C(=O)Nc1cccc(Cl)c1Cl. The fourth-order valence-electron chi connectivity index (χ4n) is 2.06. The number of benzene rings is 2. The van der Waals surface area contributed by atoms with E-state index in [-0.39, 0.29) is 12.1 Å². The van der Waals surface area contributed by atoms with Crippen LogP contribution in [-0.2, 0) is 6.54 Å². The third kappa shape index (κ3) is 4.15. The van der Waals surface area contributed by atoms with Crippen molar-refractivity contribution in [3.05, 3.63) is 64.1 Å². The second kappa shape index (κ2) is 7.52. The van der Waals surface area contributed by atoms with Crippen molar-refractivity contribution >= 4 is 34.9 Å². The van der Waals surface area contributed by atoms with E-state index in [2.05, 4.69) is 5.32 Å². The predicted molar refractivity (Wildman–Crippen MR) is 92.6 cm³/mol. The quantitative estimate of drug-likeness (QED) is 0.792. The molecule has 0 bridgehead atoms. The average molecular weight is 337 g/mol. The van der Waals surface area contributed by atoms with Gasteiger partial charge in [-0.1, -0.05) is 59.6 Å². The number of rotatable bonds is 4. The monoisotopic (exact) mass is 336 g/mol. The van der Waals surface area contributed by atoms with E-state index in [1.807, 2.05) is 44.2 Å². The van der Waals surface area contributed by atoms with Gasteiger partial charge < -0.3 is 10.2 Å². The Hall–Kier alpha value is -1.71. The second-order valence-electron chi connectivity index (χ2n) is 5.24. The molecule has 0 aliphatic heterocycles. The molecule has 0 atom stereocenters. The number of anilines is 1. The third-order valence-electron chi connectivity index (χ3n) is 3.27. The van der Waals surface area contributed by atoms with Gasteiger partial charge in [0.05, 0.1) is 15.7 Å². The number of carbonyl (C=O) groups excluding carboxylic acids is 1. The number of amides is 2. The number of carbonyl (C=O) groups is 1. The highest BCUT2D eigenvalue weighted by Gasteiger charge is 2.18. The first kappa shape index (κ1) is 16.7. The van der Waals surface area contributed by atoms with Crippen molar-refractivity contribution in [2.45, 2.75) is 26.4 Å². The van der Waals surface area contributed by atoms with E-state index in [0.29, 0.717) is 22.3 Å². The van der Waals surface area contributed by atoms with Crippen LogP contribution in [0.2, 0.25) is 10.0 Å². The molecule has 3 nitrogen and oxygen atoms in total. The molecule has 22 heavy (non-hydrogen) atoms. The van der Waals surface area contributed by atoms with Gasteiger partial charge in [0.1, 0.15) is 0 Å². The van der Waals surface area contributed by atoms with Crippen molar-refractivity contribution in [1.82, 2.24) is 4.90 Å². The third-order valence-corrected chi connectivity index (χ3v) is 4.09. The van der Waals surface area contributed by atoms with Crippen LogP contribution in [0.5, 0.6) is 0 Å². The molecule has 5 heteroatoms. The first-order valence-electron chi connectivity index (χ1n) is 7.04. The summed E-state index contributed by atoms with van der Waals surface area (Å²) in [5.74, 6) is 0. The summed E-state index contributed by atoms with van der Waals surface area (Å²) in [6.45, 7) is 4.48. The van der Waals surface area contributed by atoms with Gasteiger partial charge in [0.15, 0.2) is 0 Å². The van der Waals surface area contributed by atoms with Crippen molar-refractivity contribution in [3.8, 4) is 0 Å². The van der Waals surface area contributed by atoms with E-state index in [1.54, 1.807) is 23.1 Å². The van der Waals surface area contributed by atoms with Crippen molar-refractivity contribution in [2.24, 2.45) is 0 Å². The molecule has 0 aliphatic carbocycles. The number of nitrogens with one attached hydrogen (secondary N) is 1. The maximum atomic E-state index is 12.5. The van der Waals surface area contributed by atoms with Crippen LogP contribution < -0.4 is 5.32 Å². The fourth-order valence-corrected chi connectivity index (χ4v) is 2.40. The van der Waals surface area contributed by atoms with Crippen LogP contribution in [0.25, 0.3) is 0 Å². The smallest absolute Gasteiger partial charge is 0.318 e. The maximum absolute atomic E-state index is 12.5. The topological polar surface area (TPSA) is 32.3 Å². The normalized spacial score (nSPS) is 10.6. The Morgan fingerprint density at radius 2 is 1.77 bits per heavy atom. The van der Waals surface area contributed by atoms with Crippen LogP contribution >= 0.6 is 23.2 Å². The summed E-state index contributed by atoms with van der Waals surface area (Å²) in [6, 6.07) is 14.9. The molecule has 116 valence electrons. The van der Waals surface area contributed by atoms with Crippen LogP contribution in [0.1, 0.15) is 19.4 Å². The van der Waals surface area contributed by atoms with Crippen LogP contribution in [0.4, 0.5) is 10.5 Å². The first-order valence-corrected chi connectivity index (χ1v) is 7.80. The van der Waals surface area contributed by atoms with Crippen molar-refractivity contribution in [1.29, 1.82) is 0 Å². The number of hydrogen-bond donors (Lipinski definition) is 1. The predicted octanol–water partition coefficient (Wildman–Crippen LogP) is 5.44. The van der Waals surface area contributed by atoms with Gasteiger partial charge in [0.25, 0.3) is 0 Å². The van der Waals surface area contributed by atoms with Gasteiger partial charge in [0.2, 0.25) is 0 Å². The lowest BCUT2D eigenvalue weighted by Gasteiger charge is -2.27. The van der Waals surface area contributed by atoms with Gasteiger partial charge in [-0.2, -0.15) is 0 Å². The largest absolute Gasteiger partial charge is 0.322 e. The molecule has 0 unspecified atom stereocenters. The van der Waals surface area contributed by atoms with Crippen LogP contribution in [-0.4, -0.2) is 17.0 Å². The van der Waals surface area contributed by atoms with E-state index < -0.39 is 0 Å². The zero-order valence-corrected chi connectivity index (χ0v) is 14.0. The lowest BCUT2D eigenvalue weighted by Crippen LogP contribution is -2.39. The van der Waals surface area contributed by atoms with Crippen molar-refractivity contribution in [3.63, 3.8) is 0 Å². The maximum Gasteiger partial charge on any atom is 0.322 e. The molecule has 0 heterocycles. The minimum absolute atomic E-state index is 0.0539. The Kier molecular flexibility index (Phi) is 5.69. The minimum Gasteiger partial charge on any atom is -0.318 e. The van der Waals surface area contributed by atoms with E-state index in [9.17, 15) is 4.79 Å². The molecule has 0 aliphatic rings. The molecule has 0 fully saturated rings. The molecule has 2 rings (SSSR count). The summed E-state index contributed by atoms with van der Waals surface area (Å²) in [4.78, 5) is 14.3. The Labute approximate surface area is 140 Å². The van der Waals surface area contributed by atoms with Gasteiger partial charge in [-0.15, -0.1) is 0 Å². The summed E-state index contributed by atoms with van der Waals surface area (Å²) in [5, 5.41) is 3.59. The zero-order chi connectivity index (χ0) is 16.1. The standard InChI is InChI=1S/C17H18Cl2N2O/c1-12(2)21(11-13-7-4-3-5-8-13)17(22)20-15-10-6-9-14(18)16(15)19/h3-10,12H,11H2,1-2H3,(H,20,22). The number of nitrogens with zero attached hydrogens (tertiary/aromatic N) is 1. The molecular weight excluding hydrogens is 319 g/mol. The summed E-state index contributed by atoms with van der Waals surface area (Å²) in [7, 11) is 0. The van der Waals surface area contributed by atoms with Gasteiger partial charge >= 0.3 is 6.03 Å². The van der Waals surface area contributed by atoms with Crippen molar-refractivity contribution < 1.29 is 4.79 Å². The summed E-state index contributed by atoms with van der Waals surface area (Å²) >= 11 is 12.1. The van der Waals surface area contributed by atoms with E-state index in [1.165, 1.54) is 0 Å². The summed E-state index contributed by atoms with van der Waals surface area (Å²) in [5.41, 5.74) is 1.58. The first-order chi connectivity index (χ1) is 10.5. The minimum atomic E-state index is -0.206. The lowest BCUT2D eigenvalue weighted by atomic mass is 10.2. The highest BCUT2D eigenvalue weighted by Crippen LogP contribution is 2.29. The number of urea groups is 1. The van der Waals surface area contributed by atoms with E-state index >= 15 is 0 Å². The summed E-state index contributed by atoms with van der Waals surface area (Å²) < 4.78 is 0. The van der Waals surface area contributed by atoms with Gasteiger partial charge in [-0.05, 0) is 31.5 Å².